The first-order chi connectivity index (χ1) is 5.36. The topological polar surface area (TPSA) is 9.23 Å². The van der Waals surface area contributed by atoms with Crippen molar-refractivity contribution in [1.29, 1.82) is 0 Å². The third-order valence-electron chi connectivity index (χ3n) is 1.46. The van der Waals surface area contributed by atoms with E-state index in [-0.39, 0.29) is 12.4 Å². The molecule has 0 aromatic heterocycles. The molecule has 3 heteroatoms. The zero-order chi connectivity index (χ0) is 8.10. The van der Waals surface area contributed by atoms with Crippen molar-refractivity contribution in [1.82, 2.24) is 0 Å². The molecular formula is C8H9FOS. The minimum atomic E-state index is -0.132. The summed E-state index contributed by atoms with van der Waals surface area (Å²) in [4.78, 5) is 0. The summed E-state index contributed by atoms with van der Waals surface area (Å²) in [7, 11) is 0. The van der Waals surface area contributed by atoms with Crippen LogP contribution in [0.4, 0.5) is 3.89 Å². The van der Waals surface area contributed by atoms with Crippen molar-refractivity contribution in [3.8, 4) is 5.75 Å². The van der Waals surface area contributed by atoms with Gasteiger partial charge < -0.3 is 4.18 Å². The molecule has 0 N–H and O–H groups in total. The van der Waals surface area contributed by atoms with E-state index in [1.54, 1.807) is 12.1 Å². The van der Waals surface area contributed by atoms with Crippen LogP contribution >= 0.6 is 12.4 Å². The van der Waals surface area contributed by atoms with E-state index in [0.29, 0.717) is 5.75 Å². The summed E-state index contributed by atoms with van der Waals surface area (Å²) in [5.41, 5.74) is 1.22. The molecule has 0 bridgehead atoms. The highest BCUT2D eigenvalue weighted by atomic mass is 32.2. The van der Waals surface area contributed by atoms with Gasteiger partial charge in [0.15, 0.2) is 0 Å². The van der Waals surface area contributed by atoms with Crippen LogP contribution in [-0.2, 0) is 6.42 Å². The molecule has 1 aromatic carbocycles. The summed E-state index contributed by atoms with van der Waals surface area (Å²) >= 11 is -0.132. The minimum absolute atomic E-state index is 0.132. The Bertz CT molecular complexity index is 210. The van der Waals surface area contributed by atoms with E-state index in [9.17, 15) is 3.89 Å². The lowest BCUT2D eigenvalue weighted by Crippen LogP contribution is -1.80. The Kier molecular flexibility index (Phi) is 3.23. The number of aryl methyl sites for hydroxylation is 1. The van der Waals surface area contributed by atoms with Gasteiger partial charge in [-0.15, -0.1) is 3.89 Å². The molecule has 0 fully saturated rings. The van der Waals surface area contributed by atoms with Gasteiger partial charge in [0, 0.05) is 0 Å². The summed E-state index contributed by atoms with van der Waals surface area (Å²) in [5, 5.41) is 0. The fourth-order valence-electron chi connectivity index (χ4n) is 0.817. The van der Waals surface area contributed by atoms with Crippen molar-refractivity contribution >= 4 is 12.4 Å². The van der Waals surface area contributed by atoms with Gasteiger partial charge in [0.05, 0.1) is 0 Å². The molecule has 0 aliphatic heterocycles. The zero-order valence-electron chi connectivity index (χ0n) is 6.21. The van der Waals surface area contributed by atoms with Crippen LogP contribution in [0.2, 0.25) is 0 Å². The average Bonchev–Trinajstić information content (AvgIpc) is 2.07. The highest BCUT2D eigenvalue weighted by molar-refractivity contribution is 7.89. The third kappa shape index (κ3) is 2.42. The summed E-state index contributed by atoms with van der Waals surface area (Å²) in [6, 6.07) is 7.36. The van der Waals surface area contributed by atoms with E-state index < -0.39 is 0 Å². The summed E-state index contributed by atoms with van der Waals surface area (Å²) < 4.78 is 16.1. The molecule has 1 aromatic rings. The van der Waals surface area contributed by atoms with E-state index in [1.165, 1.54) is 5.56 Å². The number of hydrogen-bond donors (Lipinski definition) is 0. The zero-order valence-corrected chi connectivity index (χ0v) is 7.03. The average molecular weight is 172 g/mol. The van der Waals surface area contributed by atoms with Gasteiger partial charge in [-0.25, -0.2) is 0 Å². The van der Waals surface area contributed by atoms with Crippen molar-refractivity contribution < 1.29 is 8.07 Å². The Morgan fingerprint density at radius 3 is 2.45 bits per heavy atom. The molecule has 1 rings (SSSR count). The van der Waals surface area contributed by atoms with Gasteiger partial charge in [-0.2, -0.15) is 0 Å². The van der Waals surface area contributed by atoms with Crippen molar-refractivity contribution in [2.75, 3.05) is 0 Å². The minimum Gasteiger partial charge on any atom is -0.397 e. The van der Waals surface area contributed by atoms with Crippen LogP contribution in [-0.4, -0.2) is 0 Å². The van der Waals surface area contributed by atoms with Gasteiger partial charge in [0.1, 0.15) is 5.75 Å². The van der Waals surface area contributed by atoms with Crippen LogP contribution in [0.25, 0.3) is 0 Å². The molecule has 0 atom stereocenters. The van der Waals surface area contributed by atoms with Gasteiger partial charge in [0.25, 0.3) is 12.4 Å². The summed E-state index contributed by atoms with van der Waals surface area (Å²) in [6.07, 6.45) is 0.989. The van der Waals surface area contributed by atoms with Crippen LogP contribution < -0.4 is 4.18 Å². The van der Waals surface area contributed by atoms with E-state index in [4.69, 9.17) is 0 Å². The van der Waals surface area contributed by atoms with Crippen LogP contribution in [0.15, 0.2) is 24.3 Å². The van der Waals surface area contributed by atoms with E-state index in [2.05, 4.69) is 11.1 Å². The second kappa shape index (κ2) is 4.23. The number of benzene rings is 1. The largest absolute Gasteiger partial charge is 0.397 e. The molecule has 11 heavy (non-hydrogen) atoms. The highest BCUT2D eigenvalue weighted by Crippen LogP contribution is 2.17. The SMILES string of the molecule is CCc1ccc(OSF)cc1. The van der Waals surface area contributed by atoms with Crippen molar-refractivity contribution in [3.63, 3.8) is 0 Å². The Morgan fingerprint density at radius 2 is 2.00 bits per heavy atom. The van der Waals surface area contributed by atoms with Crippen LogP contribution in [0.5, 0.6) is 5.75 Å². The molecule has 0 saturated carbocycles. The van der Waals surface area contributed by atoms with E-state index in [0.717, 1.165) is 6.42 Å². The molecule has 0 spiro atoms. The number of halogens is 1. The Balaban J connectivity index is 2.66. The molecular weight excluding hydrogens is 163 g/mol. The van der Waals surface area contributed by atoms with Gasteiger partial charge in [-0.3, -0.25) is 0 Å². The molecule has 0 amide bonds. The molecule has 1 nitrogen and oxygen atoms in total. The van der Waals surface area contributed by atoms with E-state index >= 15 is 0 Å². The van der Waals surface area contributed by atoms with Crippen LogP contribution in [0.1, 0.15) is 12.5 Å². The van der Waals surface area contributed by atoms with Gasteiger partial charge in [-0.05, 0) is 24.1 Å². The van der Waals surface area contributed by atoms with Gasteiger partial charge >= 0.3 is 0 Å². The lowest BCUT2D eigenvalue weighted by Gasteiger charge is -1.98. The predicted molar refractivity (Wildman–Crippen MR) is 45.1 cm³/mol. The van der Waals surface area contributed by atoms with Crippen molar-refractivity contribution in [2.45, 2.75) is 13.3 Å². The maximum absolute atomic E-state index is 11.6. The second-order valence-electron chi connectivity index (χ2n) is 2.14. The van der Waals surface area contributed by atoms with E-state index in [1.807, 2.05) is 12.1 Å². The lowest BCUT2D eigenvalue weighted by molar-refractivity contribution is 0.611. The number of hydrogen-bond acceptors (Lipinski definition) is 2. The normalized spacial score (nSPS) is 9.64. The fourth-order valence-corrected chi connectivity index (χ4v) is 1.00. The Morgan fingerprint density at radius 1 is 1.36 bits per heavy atom. The molecule has 0 aliphatic carbocycles. The monoisotopic (exact) mass is 172 g/mol. The predicted octanol–water partition coefficient (Wildman–Crippen LogP) is 3.16. The fraction of sp³-hybridized carbons (Fsp3) is 0.250. The maximum Gasteiger partial charge on any atom is 0.272 e. The first-order valence-electron chi connectivity index (χ1n) is 3.41. The van der Waals surface area contributed by atoms with Gasteiger partial charge in [0.2, 0.25) is 0 Å². The molecule has 0 unspecified atom stereocenters. The smallest absolute Gasteiger partial charge is 0.272 e. The van der Waals surface area contributed by atoms with Crippen LogP contribution in [0, 0.1) is 0 Å². The third-order valence-corrected chi connectivity index (χ3v) is 1.71. The first kappa shape index (κ1) is 8.40. The second-order valence-corrected chi connectivity index (χ2v) is 2.44. The standard InChI is InChI=1S/C8H9FOS/c1-2-7-3-5-8(6-4-7)10-11-9/h3-6H,2H2,1H3. The Hall–Kier alpha value is -0.700. The molecule has 60 valence electrons. The van der Waals surface area contributed by atoms with Crippen molar-refractivity contribution in [2.24, 2.45) is 0 Å². The Labute approximate surface area is 70.1 Å². The molecule has 0 aliphatic rings. The molecule has 0 radical (unpaired) electrons. The molecule has 0 heterocycles. The lowest BCUT2D eigenvalue weighted by atomic mass is 10.2. The van der Waals surface area contributed by atoms with Gasteiger partial charge in [-0.1, -0.05) is 19.1 Å². The molecule has 0 saturated heterocycles. The number of rotatable bonds is 3. The summed E-state index contributed by atoms with van der Waals surface area (Å²) in [6.45, 7) is 2.07. The van der Waals surface area contributed by atoms with Crippen LogP contribution in [0.3, 0.4) is 0 Å². The first-order valence-corrected chi connectivity index (χ1v) is 4.05. The summed E-state index contributed by atoms with van der Waals surface area (Å²) in [5.74, 6) is 0.551. The highest BCUT2D eigenvalue weighted by Gasteiger charge is 1.93. The maximum atomic E-state index is 11.6. The van der Waals surface area contributed by atoms with Crippen molar-refractivity contribution in [3.05, 3.63) is 29.8 Å². The quantitative estimate of drug-likeness (QED) is 0.648.